The number of hydrogen-bond acceptors (Lipinski definition) is 4. The van der Waals surface area contributed by atoms with Crippen molar-refractivity contribution in [2.45, 2.75) is 39.8 Å². The van der Waals surface area contributed by atoms with Crippen LogP contribution < -0.4 is 10.6 Å². The van der Waals surface area contributed by atoms with Crippen LogP contribution in [-0.4, -0.2) is 45.9 Å². The Bertz CT molecular complexity index is 1140. The molecule has 2 aromatic carbocycles. The molecule has 9 heteroatoms. The van der Waals surface area contributed by atoms with Gasteiger partial charge >= 0.3 is 0 Å². The van der Waals surface area contributed by atoms with Gasteiger partial charge in [0, 0.05) is 18.5 Å². The smallest absolute Gasteiger partial charge is 0.273 e. The Morgan fingerprint density at radius 3 is 2.39 bits per heavy atom. The first-order valence-corrected chi connectivity index (χ1v) is 10.7. The topological polar surface area (TPSA) is 96.2 Å². The van der Waals surface area contributed by atoms with E-state index in [-0.39, 0.29) is 37.1 Å². The molecule has 0 fully saturated rings. The maximum atomic E-state index is 14.0. The maximum absolute atomic E-state index is 14.0. The summed E-state index contributed by atoms with van der Waals surface area (Å²) in [4.78, 5) is 25.9. The number of aliphatic hydroxyl groups is 1. The highest BCUT2D eigenvalue weighted by atomic mass is 19.1. The first kappa shape index (κ1) is 24.3. The van der Waals surface area contributed by atoms with Crippen LogP contribution in [0.5, 0.6) is 0 Å². The molecule has 1 unspecified atom stereocenters. The number of benzene rings is 2. The van der Waals surface area contributed by atoms with E-state index in [0.29, 0.717) is 17.3 Å². The summed E-state index contributed by atoms with van der Waals surface area (Å²) in [5, 5.41) is 19.1. The molecule has 1 atom stereocenters. The van der Waals surface area contributed by atoms with Crippen molar-refractivity contribution in [1.82, 2.24) is 20.4 Å². The lowest BCUT2D eigenvalue weighted by Crippen LogP contribution is -2.53. The van der Waals surface area contributed by atoms with Gasteiger partial charge in [0.15, 0.2) is 5.69 Å². The Morgan fingerprint density at radius 2 is 1.76 bits per heavy atom. The molecule has 0 spiro atoms. The van der Waals surface area contributed by atoms with E-state index in [1.54, 1.807) is 16.8 Å². The standard InChI is InChI=1S/C24H28F2N4O3/c1-24(2,3)21(23(33)27-11-4-12-31)28-22(32)20-18-13-17(26)9-10-19(18)30(29-20)14-15-5-7-16(25)8-6-15/h5-10,13,21,31H,4,11-12,14H2,1-3H3,(H,27,33)(H,28,32). The minimum absolute atomic E-state index is 0.0102. The van der Waals surface area contributed by atoms with E-state index in [9.17, 15) is 18.4 Å². The van der Waals surface area contributed by atoms with E-state index in [4.69, 9.17) is 5.11 Å². The van der Waals surface area contributed by atoms with E-state index in [2.05, 4.69) is 15.7 Å². The number of nitrogens with one attached hydrogen (secondary N) is 2. The second kappa shape index (κ2) is 10.1. The molecular weight excluding hydrogens is 430 g/mol. The van der Waals surface area contributed by atoms with Crippen molar-refractivity contribution >= 4 is 22.7 Å². The van der Waals surface area contributed by atoms with Crippen LogP contribution in [-0.2, 0) is 11.3 Å². The van der Waals surface area contributed by atoms with E-state index in [1.165, 1.54) is 30.3 Å². The summed E-state index contributed by atoms with van der Waals surface area (Å²) in [6, 6.07) is 9.03. The minimum atomic E-state index is -0.880. The van der Waals surface area contributed by atoms with E-state index in [1.807, 2.05) is 20.8 Å². The Kier molecular flexibility index (Phi) is 7.43. The molecule has 1 heterocycles. The lowest BCUT2D eigenvalue weighted by atomic mass is 9.86. The molecule has 0 aliphatic rings. The van der Waals surface area contributed by atoms with Crippen molar-refractivity contribution in [2.24, 2.45) is 5.41 Å². The van der Waals surface area contributed by atoms with Gasteiger partial charge in [-0.3, -0.25) is 14.3 Å². The molecule has 33 heavy (non-hydrogen) atoms. The number of carbonyl (C=O) groups is 2. The summed E-state index contributed by atoms with van der Waals surface area (Å²) in [5.41, 5.74) is 0.666. The van der Waals surface area contributed by atoms with Gasteiger partial charge in [0.05, 0.1) is 12.1 Å². The van der Waals surface area contributed by atoms with Gasteiger partial charge in [-0.2, -0.15) is 5.10 Å². The molecule has 3 aromatic rings. The molecule has 0 saturated carbocycles. The van der Waals surface area contributed by atoms with Crippen LogP contribution in [0.4, 0.5) is 8.78 Å². The quantitative estimate of drug-likeness (QED) is 0.452. The predicted molar refractivity (Wildman–Crippen MR) is 121 cm³/mol. The fourth-order valence-corrected chi connectivity index (χ4v) is 3.47. The molecule has 3 rings (SSSR count). The molecule has 0 radical (unpaired) electrons. The van der Waals surface area contributed by atoms with E-state index in [0.717, 1.165) is 5.56 Å². The first-order valence-electron chi connectivity index (χ1n) is 10.7. The third-order valence-electron chi connectivity index (χ3n) is 5.21. The monoisotopic (exact) mass is 458 g/mol. The highest BCUT2D eigenvalue weighted by molar-refractivity contribution is 6.06. The zero-order valence-corrected chi connectivity index (χ0v) is 18.9. The highest BCUT2D eigenvalue weighted by Crippen LogP contribution is 2.24. The average Bonchev–Trinajstić information content (AvgIpc) is 3.10. The summed E-state index contributed by atoms with van der Waals surface area (Å²) in [6.07, 6.45) is 0.397. The largest absolute Gasteiger partial charge is 0.396 e. The molecule has 0 saturated heterocycles. The Balaban J connectivity index is 1.92. The van der Waals surface area contributed by atoms with E-state index >= 15 is 0 Å². The van der Waals surface area contributed by atoms with Gasteiger partial charge in [-0.05, 0) is 47.7 Å². The molecule has 0 aliphatic heterocycles. The van der Waals surface area contributed by atoms with Crippen molar-refractivity contribution in [3.63, 3.8) is 0 Å². The van der Waals surface area contributed by atoms with Gasteiger partial charge in [-0.1, -0.05) is 32.9 Å². The highest BCUT2D eigenvalue weighted by Gasteiger charge is 2.34. The maximum Gasteiger partial charge on any atom is 0.273 e. The lowest BCUT2D eigenvalue weighted by Gasteiger charge is -2.30. The number of carbonyl (C=O) groups excluding carboxylic acids is 2. The molecule has 0 aliphatic carbocycles. The fourth-order valence-electron chi connectivity index (χ4n) is 3.47. The molecule has 3 N–H and O–H groups in total. The Labute approximate surface area is 190 Å². The van der Waals surface area contributed by atoms with Crippen molar-refractivity contribution in [3.05, 3.63) is 65.4 Å². The van der Waals surface area contributed by atoms with Crippen LogP contribution in [0.2, 0.25) is 0 Å². The van der Waals surface area contributed by atoms with Crippen molar-refractivity contribution in [2.75, 3.05) is 13.2 Å². The molecule has 0 bridgehead atoms. The second-order valence-corrected chi connectivity index (χ2v) is 8.93. The average molecular weight is 459 g/mol. The van der Waals surface area contributed by atoms with Gasteiger partial charge < -0.3 is 15.7 Å². The number of halogens is 2. The Hall–Kier alpha value is -3.33. The zero-order valence-electron chi connectivity index (χ0n) is 18.9. The molecule has 1 aromatic heterocycles. The van der Waals surface area contributed by atoms with Crippen LogP contribution >= 0.6 is 0 Å². The van der Waals surface area contributed by atoms with Gasteiger partial charge in [0.1, 0.15) is 17.7 Å². The number of fused-ring (bicyclic) bond motifs is 1. The van der Waals surface area contributed by atoms with Crippen LogP contribution in [0.1, 0.15) is 43.2 Å². The summed E-state index contributed by atoms with van der Waals surface area (Å²) in [7, 11) is 0. The van der Waals surface area contributed by atoms with Crippen molar-refractivity contribution in [1.29, 1.82) is 0 Å². The van der Waals surface area contributed by atoms with Gasteiger partial charge in [0.25, 0.3) is 5.91 Å². The number of hydrogen-bond donors (Lipinski definition) is 3. The van der Waals surface area contributed by atoms with Crippen LogP contribution in [0.15, 0.2) is 42.5 Å². The molecule has 7 nitrogen and oxygen atoms in total. The molecule has 2 amide bonds. The summed E-state index contributed by atoms with van der Waals surface area (Å²) in [6.45, 7) is 5.91. The number of aromatic nitrogens is 2. The fraction of sp³-hybridized carbons (Fsp3) is 0.375. The predicted octanol–water partition coefficient (Wildman–Crippen LogP) is 3.01. The van der Waals surface area contributed by atoms with Gasteiger partial charge in [0.2, 0.25) is 5.91 Å². The number of nitrogens with zero attached hydrogens (tertiary/aromatic N) is 2. The molecular formula is C24H28F2N4O3. The minimum Gasteiger partial charge on any atom is -0.396 e. The van der Waals surface area contributed by atoms with Crippen LogP contribution in [0, 0.1) is 17.0 Å². The van der Waals surface area contributed by atoms with Crippen molar-refractivity contribution in [3.8, 4) is 0 Å². The summed E-state index contributed by atoms with van der Waals surface area (Å²) < 4.78 is 28.8. The number of rotatable bonds is 8. The number of amides is 2. The SMILES string of the molecule is CC(C)(C)C(NC(=O)c1nn(Cc2ccc(F)cc2)c2ccc(F)cc12)C(=O)NCCCO. The summed E-state index contributed by atoms with van der Waals surface area (Å²) >= 11 is 0. The second-order valence-electron chi connectivity index (χ2n) is 8.93. The van der Waals surface area contributed by atoms with Gasteiger partial charge in [-0.25, -0.2) is 8.78 Å². The van der Waals surface area contributed by atoms with Gasteiger partial charge in [-0.15, -0.1) is 0 Å². The van der Waals surface area contributed by atoms with Crippen LogP contribution in [0.25, 0.3) is 10.9 Å². The lowest BCUT2D eigenvalue weighted by molar-refractivity contribution is -0.125. The molecule has 176 valence electrons. The third kappa shape index (κ3) is 5.92. The first-order chi connectivity index (χ1) is 15.6. The van der Waals surface area contributed by atoms with E-state index < -0.39 is 23.2 Å². The number of aliphatic hydroxyl groups excluding tert-OH is 1. The van der Waals surface area contributed by atoms with Crippen LogP contribution in [0.3, 0.4) is 0 Å². The summed E-state index contributed by atoms with van der Waals surface area (Å²) in [5.74, 6) is -1.88. The normalized spacial score (nSPS) is 12.5. The zero-order chi connectivity index (χ0) is 24.2. The third-order valence-corrected chi connectivity index (χ3v) is 5.21. The van der Waals surface area contributed by atoms with Crippen molar-refractivity contribution < 1.29 is 23.5 Å². The Morgan fingerprint density at radius 1 is 1.09 bits per heavy atom.